The maximum atomic E-state index is 12.8. The van der Waals surface area contributed by atoms with Crippen LogP contribution in [0.3, 0.4) is 0 Å². The lowest BCUT2D eigenvalue weighted by molar-refractivity contribution is -0.152. The summed E-state index contributed by atoms with van der Waals surface area (Å²) >= 11 is 1.60. The number of hydrogen-bond donors (Lipinski definition) is 1. The number of thioether (sulfide) groups is 1. The summed E-state index contributed by atoms with van der Waals surface area (Å²) in [4.78, 5) is 12.1. The third-order valence-corrected chi connectivity index (χ3v) is 5.67. The van der Waals surface area contributed by atoms with Crippen molar-refractivity contribution in [3.63, 3.8) is 0 Å². The first-order valence-corrected chi connectivity index (χ1v) is 10.4. The minimum atomic E-state index is -4.35. The second kappa shape index (κ2) is 9.06. The first-order valence-electron chi connectivity index (χ1n) is 9.46. The van der Waals surface area contributed by atoms with Crippen LogP contribution in [-0.2, 0) is 16.7 Å². The van der Waals surface area contributed by atoms with Crippen LogP contribution in [0.1, 0.15) is 25.0 Å². The molecule has 3 nitrogen and oxygen atoms in total. The zero-order valence-corrected chi connectivity index (χ0v) is 17.8. The van der Waals surface area contributed by atoms with E-state index >= 15 is 0 Å². The van der Waals surface area contributed by atoms with Gasteiger partial charge in [0.2, 0.25) is 0 Å². The topological polar surface area (TPSA) is 46.5 Å². The van der Waals surface area contributed by atoms with E-state index < -0.39 is 23.3 Å². The van der Waals surface area contributed by atoms with Gasteiger partial charge in [-0.3, -0.25) is 0 Å². The number of hydrogen-bond acceptors (Lipinski definition) is 3. The Balaban J connectivity index is 1.65. The zero-order chi connectivity index (χ0) is 22.6. The van der Waals surface area contributed by atoms with Gasteiger partial charge in [0, 0.05) is 10.6 Å². The Morgan fingerprint density at radius 3 is 2.16 bits per heavy atom. The number of carboxylic acid groups (broad SMARTS) is 1. The zero-order valence-electron chi connectivity index (χ0n) is 16.9. The molecule has 0 fully saturated rings. The van der Waals surface area contributed by atoms with Crippen molar-refractivity contribution in [1.29, 1.82) is 0 Å². The van der Waals surface area contributed by atoms with Crippen molar-refractivity contribution < 1.29 is 27.8 Å². The number of carbonyl (C=O) groups is 1. The van der Waals surface area contributed by atoms with Crippen molar-refractivity contribution in [3.05, 3.63) is 83.9 Å². The lowest BCUT2D eigenvalue weighted by Gasteiger charge is -2.21. The summed E-state index contributed by atoms with van der Waals surface area (Å²) in [5, 5.41) is 9.14. The molecule has 3 rings (SSSR count). The van der Waals surface area contributed by atoms with Gasteiger partial charge in [-0.05, 0) is 66.9 Å². The van der Waals surface area contributed by atoms with Gasteiger partial charge in [0.25, 0.3) is 0 Å². The van der Waals surface area contributed by atoms with Crippen molar-refractivity contribution in [1.82, 2.24) is 0 Å². The number of benzene rings is 3. The fourth-order valence-corrected chi connectivity index (χ4v) is 3.64. The van der Waals surface area contributed by atoms with E-state index in [4.69, 9.17) is 9.84 Å². The molecule has 0 heterocycles. The van der Waals surface area contributed by atoms with Crippen LogP contribution in [0.2, 0.25) is 0 Å². The van der Waals surface area contributed by atoms with Crippen molar-refractivity contribution in [3.8, 4) is 16.9 Å². The number of ether oxygens (including phenoxy) is 1. The van der Waals surface area contributed by atoms with Crippen molar-refractivity contribution in [2.75, 3.05) is 0 Å². The Morgan fingerprint density at radius 2 is 1.58 bits per heavy atom. The third-order valence-electron chi connectivity index (χ3n) is 4.59. The van der Waals surface area contributed by atoms with Gasteiger partial charge in [-0.25, -0.2) is 4.79 Å². The maximum absolute atomic E-state index is 12.8. The Morgan fingerprint density at radius 1 is 0.935 bits per heavy atom. The molecule has 7 heteroatoms. The maximum Gasteiger partial charge on any atom is 0.416 e. The standard InChI is InChI=1S/C24H21F3O3S/c1-23(2,22(28)29)30-20-10-12-21(13-11-20)31-15-16-4-3-5-18(14-16)17-6-8-19(9-7-17)24(25,26)27/h3-14H,15H2,1-2H3,(H,28,29). The average Bonchev–Trinajstić information content (AvgIpc) is 2.72. The fourth-order valence-electron chi connectivity index (χ4n) is 2.80. The predicted molar refractivity (Wildman–Crippen MR) is 115 cm³/mol. The molecule has 162 valence electrons. The summed E-state index contributed by atoms with van der Waals surface area (Å²) in [5.74, 6) is 0.106. The van der Waals surface area contributed by atoms with Crippen LogP contribution in [0, 0.1) is 0 Å². The summed E-state index contributed by atoms with van der Waals surface area (Å²) in [6.07, 6.45) is -4.35. The quantitative estimate of drug-likeness (QED) is 0.401. The van der Waals surface area contributed by atoms with Gasteiger partial charge in [0.1, 0.15) is 5.75 Å². The molecule has 0 saturated carbocycles. The van der Waals surface area contributed by atoms with Gasteiger partial charge in [-0.15, -0.1) is 11.8 Å². The van der Waals surface area contributed by atoms with Crippen LogP contribution in [0.25, 0.3) is 11.1 Å². The molecule has 0 aliphatic rings. The van der Waals surface area contributed by atoms with Crippen molar-refractivity contribution in [2.45, 2.75) is 36.3 Å². The fraction of sp³-hybridized carbons (Fsp3) is 0.208. The monoisotopic (exact) mass is 446 g/mol. The highest BCUT2D eigenvalue weighted by Crippen LogP contribution is 2.32. The summed E-state index contributed by atoms with van der Waals surface area (Å²) in [6, 6.07) is 20.0. The molecule has 0 unspecified atom stereocenters. The van der Waals surface area contributed by atoms with E-state index in [9.17, 15) is 18.0 Å². The molecule has 0 amide bonds. The second-order valence-corrected chi connectivity index (χ2v) is 8.50. The smallest absolute Gasteiger partial charge is 0.416 e. The third kappa shape index (κ3) is 6.04. The Labute approximate surface area is 182 Å². The van der Waals surface area contributed by atoms with E-state index in [1.807, 2.05) is 36.4 Å². The highest BCUT2D eigenvalue weighted by Gasteiger charge is 2.30. The Kier molecular flexibility index (Phi) is 6.65. The minimum Gasteiger partial charge on any atom is -0.478 e. The van der Waals surface area contributed by atoms with Crippen LogP contribution in [0.5, 0.6) is 5.75 Å². The molecule has 1 N–H and O–H groups in total. The molecule has 0 bridgehead atoms. The van der Waals surface area contributed by atoms with Crippen molar-refractivity contribution in [2.24, 2.45) is 0 Å². The minimum absolute atomic E-state index is 0.473. The predicted octanol–water partition coefficient (Wildman–Crippen LogP) is 6.91. The molecule has 31 heavy (non-hydrogen) atoms. The van der Waals surface area contributed by atoms with Gasteiger partial charge >= 0.3 is 12.1 Å². The Hall–Kier alpha value is -2.93. The largest absolute Gasteiger partial charge is 0.478 e. The molecule has 0 aromatic heterocycles. The number of aliphatic carboxylic acids is 1. The number of rotatable bonds is 7. The van der Waals surface area contributed by atoms with Gasteiger partial charge in [0.15, 0.2) is 5.60 Å². The van der Waals surface area contributed by atoms with E-state index in [0.29, 0.717) is 11.5 Å². The molecular weight excluding hydrogens is 425 g/mol. The van der Waals surface area contributed by atoms with Crippen LogP contribution < -0.4 is 4.74 Å². The summed E-state index contributed by atoms with van der Waals surface area (Å²) in [6.45, 7) is 2.98. The van der Waals surface area contributed by atoms with E-state index in [1.54, 1.807) is 23.9 Å². The first-order chi connectivity index (χ1) is 14.5. The number of carboxylic acids is 1. The Bertz CT molecular complexity index is 1040. The van der Waals surface area contributed by atoms with Gasteiger partial charge in [-0.1, -0.05) is 36.4 Å². The van der Waals surface area contributed by atoms with Crippen LogP contribution in [0.15, 0.2) is 77.7 Å². The van der Waals surface area contributed by atoms with Gasteiger partial charge < -0.3 is 9.84 Å². The molecule has 3 aromatic rings. The van der Waals surface area contributed by atoms with Gasteiger partial charge in [0.05, 0.1) is 5.56 Å². The molecule has 0 spiro atoms. The van der Waals surface area contributed by atoms with E-state index in [0.717, 1.165) is 33.7 Å². The second-order valence-electron chi connectivity index (χ2n) is 7.45. The van der Waals surface area contributed by atoms with Crippen LogP contribution in [0.4, 0.5) is 13.2 Å². The molecule has 0 aliphatic carbocycles. The number of halogens is 3. The summed E-state index contributed by atoms with van der Waals surface area (Å²) < 4.78 is 43.8. The number of alkyl halides is 3. The van der Waals surface area contributed by atoms with Crippen LogP contribution >= 0.6 is 11.8 Å². The summed E-state index contributed by atoms with van der Waals surface area (Å²) in [7, 11) is 0. The lowest BCUT2D eigenvalue weighted by Crippen LogP contribution is -2.37. The molecular formula is C24H21F3O3S. The molecule has 3 aromatic carbocycles. The highest BCUT2D eigenvalue weighted by molar-refractivity contribution is 7.98. The normalized spacial score (nSPS) is 11.9. The lowest BCUT2D eigenvalue weighted by atomic mass is 10.0. The average molecular weight is 446 g/mol. The highest BCUT2D eigenvalue weighted by atomic mass is 32.2. The molecule has 0 radical (unpaired) electrons. The van der Waals surface area contributed by atoms with Crippen LogP contribution in [-0.4, -0.2) is 16.7 Å². The summed E-state index contributed by atoms with van der Waals surface area (Å²) in [5.41, 5.74) is 0.638. The van der Waals surface area contributed by atoms with E-state index in [-0.39, 0.29) is 0 Å². The first kappa shape index (κ1) is 22.7. The SMILES string of the molecule is CC(C)(Oc1ccc(SCc2cccc(-c3ccc(C(F)(F)F)cc3)c2)cc1)C(=O)O. The van der Waals surface area contributed by atoms with E-state index in [2.05, 4.69) is 0 Å². The van der Waals surface area contributed by atoms with Gasteiger partial charge in [-0.2, -0.15) is 13.2 Å². The molecule has 0 saturated heterocycles. The molecule has 0 aliphatic heterocycles. The van der Waals surface area contributed by atoms with Crippen molar-refractivity contribution >= 4 is 17.7 Å². The van der Waals surface area contributed by atoms with E-state index in [1.165, 1.54) is 26.0 Å². The molecule has 0 atom stereocenters.